The molecule has 8 nitrogen and oxygen atoms in total. The van der Waals surface area contributed by atoms with Crippen molar-refractivity contribution >= 4 is 29.3 Å². The third-order valence-electron chi connectivity index (χ3n) is 5.70. The Morgan fingerprint density at radius 2 is 1.81 bits per heavy atom. The van der Waals surface area contributed by atoms with Gasteiger partial charge in [-0.25, -0.2) is 4.79 Å². The fourth-order valence-electron chi connectivity index (χ4n) is 3.94. The van der Waals surface area contributed by atoms with Crippen molar-refractivity contribution in [3.63, 3.8) is 0 Å². The smallest absolute Gasteiger partial charge is 0.326 e. The van der Waals surface area contributed by atoms with E-state index < -0.39 is 12.0 Å². The van der Waals surface area contributed by atoms with Gasteiger partial charge in [-0.1, -0.05) is 38.9 Å². The molecule has 1 heterocycles. The van der Waals surface area contributed by atoms with Gasteiger partial charge in [-0.05, 0) is 55.7 Å². The molecule has 3 N–H and O–H groups in total. The molecule has 32 heavy (non-hydrogen) atoms. The molecule has 3 rings (SSSR count). The van der Waals surface area contributed by atoms with Crippen molar-refractivity contribution in [3.8, 4) is 0 Å². The highest BCUT2D eigenvalue weighted by molar-refractivity contribution is 6.01. The molecule has 0 bridgehead atoms. The van der Waals surface area contributed by atoms with Crippen LogP contribution in [0.25, 0.3) is 0 Å². The normalized spacial score (nSPS) is 17.5. The van der Waals surface area contributed by atoms with Crippen LogP contribution in [0.15, 0.2) is 22.7 Å². The fourth-order valence-corrected chi connectivity index (χ4v) is 3.94. The Balaban J connectivity index is 1.90. The minimum Gasteiger partial charge on any atom is -0.481 e. The van der Waals surface area contributed by atoms with Gasteiger partial charge < -0.3 is 19.8 Å². The van der Waals surface area contributed by atoms with E-state index in [1.165, 1.54) is 0 Å². The largest absolute Gasteiger partial charge is 0.481 e. The van der Waals surface area contributed by atoms with Crippen LogP contribution in [0.4, 0.5) is 22.1 Å². The fraction of sp³-hybridized carbons (Fsp3) is 0.542. The van der Waals surface area contributed by atoms with Crippen molar-refractivity contribution in [1.29, 1.82) is 0 Å². The Kier molecular flexibility index (Phi) is 7.11. The van der Waals surface area contributed by atoms with Crippen LogP contribution in [0.5, 0.6) is 0 Å². The number of carboxylic acids is 1. The Morgan fingerprint density at radius 1 is 1.16 bits per heavy atom. The average Bonchev–Trinajstić information content (AvgIpc) is 3.44. The molecule has 1 fully saturated rings. The molecule has 1 saturated carbocycles. The SMILES string of the molecule is Cc1noc(NC(=O)Nc2cc(C3CC3C(=O)O)ccc2N(CC(C)C)CC(C)C)c1C. The number of rotatable bonds is 9. The van der Waals surface area contributed by atoms with Crippen molar-refractivity contribution in [2.75, 3.05) is 28.6 Å². The third-order valence-corrected chi connectivity index (χ3v) is 5.70. The second-order valence-corrected chi connectivity index (χ2v) is 9.56. The molecule has 0 radical (unpaired) electrons. The number of anilines is 3. The molecular formula is C24H34N4O4. The second-order valence-electron chi connectivity index (χ2n) is 9.56. The van der Waals surface area contributed by atoms with Crippen LogP contribution in [0.3, 0.4) is 0 Å². The maximum atomic E-state index is 12.8. The van der Waals surface area contributed by atoms with Gasteiger partial charge in [-0.2, -0.15) is 0 Å². The van der Waals surface area contributed by atoms with Crippen LogP contribution in [0, 0.1) is 31.6 Å². The first-order valence-electron chi connectivity index (χ1n) is 11.2. The van der Waals surface area contributed by atoms with Crippen molar-refractivity contribution < 1.29 is 19.2 Å². The first kappa shape index (κ1) is 23.6. The number of nitrogens with one attached hydrogen (secondary N) is 2. The molecule has 2 aromatic rings. The van der Waals surface area contributed by atoms with E-state index in [1.807, 2.05) is 32.0 Å². The molecular weight excluding hydrogens is 408 g/mol. The van der Waals surface area contributed by atoms with Gasteiger partial charge in [0.15, 0.2) is 0 Å². The van der Waals surface area contributed by atoms with Gasteiger partial charge in [-0.15, -0.1) is 0 Å². The molecule has 0 aliphatic heterocycles. The van der Waals surface area contributed by atoms with Gasteiger partial charge in [0.25, 0.3) is 0 Å². The number of carboxylic acid groups (broad SMARTS) is 1. The summed E-state index contributed by atoms with van der Waals surface area (Å²) in [6.07, 6.45) is 0.624. The molecule has 8 heteroatoms. The molecule has 1 aliphatic rings. The average molecular weight is 443 g/mol. The molecule has 2 amide bonds. The minimum absolute atomic E-state index is 0.0204. The number of aromatic nitrogens is 1. The summed E-state index contributed by atoms with van der Waals surface area (Å²) in [5.41, 5.74) is 4.00. The van der Waals surface area contributed by atoms with E-state index in [2.05, 4.69) is 48.4 Å². The van der Waals surface area contributed by atoms with Crippen molar-refractivity contribution in [2.24, 2.45) is 17.8 Å². The molecule has 1 aliphatic carbocycles. The van der Waals surface area contributed by atoms with E-state index in [0.29, 0.717) is 29.8 Å². The number of nitrogens with zero attached hydrogens (tertiary/aromatic N) is 2. The van der Waals surface area contributed by atoms with Gasteiger partial charge in [0.2, 0.25) is 5.88 Å². The number of aliphatic carboxylic acids is 1. The Bertz CT molecular complexity index is 972. The Hall–Kier alpha value is -3.03. The van der Waals surface area contributed by atoms with E-state index in [1.54, 1.807) is 0 Å². The van der Waals surface area contributed by atoms with Crippen LogP contribution in [0.2, 0.25) is 0 Å². The molecule has 2 atom stereocenters. The van der Waals surface area contributed by atoms with Gasteiger partial charge in [0.05, 0.1) is 23.0 Å². The zero-order valence-corrected chi connectivity index (χ0v) is 19.7. The second kappa shape index (κ2) is 9.63. The lowest BCUT2D eigenvalue weighted by Gasteiger charge is -2.30. The monoisotopic (exact) mass is 442 g/mol. The van der Waals surface area contributed by atoms with Crippen molar-refractivity contribution in [2.45, 2.75) is 53.9 Å². The summed E-state index contributed by atoms with van der Waals surface area (Å²) in [6.45, 7) is 14.0. The van der Waals surface area contributed by atoms with Gasteiger partial charge >= 0.3 is 12.0 Å². The molecule has 1 aromatic carbocycles. The first-order valence-corrected chi connectivity index (χ1v) is 11.2. The van der Waals surface area contributed by atoms with Crippen LogP contribution in [-0.2, 0) is 4.79 Å². The summed E-state index contributed by atoms with van der Waals surface area (Å²) in [5.74, 6) is 0.0398. The quantitative estimate of drug-likeness (QED) is 0.490. The van der Waals surface area contributed by atoms with Crippen LogP contribution < -0.4 is 15.5 Å². The minimum atomic E-state index is -0.774. The van der Waals surface area contributed by atoms with Crippen LogP contribution >= 0.6 is 0 Å². The summed E-state index contributed by atoms with van der Waals surface area (Å²) in [4.78, 5) is 26.4. The lowest BCUT2D eigenvalue weighted by atomic mass is 10.0. The maximum Gasteiger partial charge on any atom is 0.326 e. The zero-order chi connectivity index (χ0) is 23.6. The summed E-state index contributed by atoms with van der Waals surface area (Å²) >= 11 is 0. The lowest BCUT2D eigenvalue weighted by molar-refractivity contribution is -0.138. The zero-order valence-electron chi connectivity index (χ0n) is 19.7. The number of carbonyl (C=O) groups is 2. The number of carbonyl (C=O) groups excluding carboxylic acids is 1. The lowest BCUT2D eigenvalue weighted by Crippen LogP contribution is -2.32. The van der Waals surface area contributed by atoms with Gasteiger partial charge in [0.1, 0.15) is 0 Å². The summed E-state index contributed by atoms with van der Waals surface area (Å²) in [7, 11) is 0. The highest BCUT2D eigenvalue weighted by Gasteiger charge is 2.44. The summed E-state index contributed by atoms with van der Waals surface area (Å²) in [6, 6.07) is 5.47. The molecule has 1 aromatic heterocycles. The molecule has 0 spiro atoms. The number of amides is 2. The van der Waals surface area contributed by atoms with E-state index in [4.69, 9.17) is 4.52 Å². The van der Waals surface area contributed by atoms with E-state index in [-0.39, 0.29) is 11.8 Å². The third kappa shape index (κ3) is 5.60. The Morgan fingerprint density at radius 3 is 2.31 bits per heavy atom. The first-order chi connectivity index (χ1) is 15.1. The van der Waals surface area contributed by atoms with Crippen molar-refractivity contribution in [1.82, 2.24) is 5.16 Å². The van der Waals surface area contributed by atoms with E-state index in [9.17, 15) is 14.7 Å². The predicted molar refractivity (Wildman–Crippen MR) is 125 cm³/mol. The van der Waals surface area contributed by atoms with Crippen LogP contribution in [0.1, 0.15) is 56.9 Å². The Labute approximate surface area is 189 Å². The number of aryl methyl sites for hydroxylation is 1. The summed E-state index contributed by atoms with van der Waals surface area (Å²) in [5, 5.41) is 18.9. The topological polar surface area (TPSA) is 108 Å². The van der Waals surface area contributed by atoms with Crippen LogP contribution in [-0.4, -0.2) is 35.4 Å². The predicted octanol–water partition coefficient (Wildman–Crippen LogP) is 5.24. The number of urea groups is 1. The van der Waals surface area contributed by atoms with E-state index in [0.717, 1.165) is 35.6 Å². The van der Waals surface area contributed by atoms with E-state index >= 15 is 0 Å². The highest BCUT2D eigenvalue weighted by atomic mass is 16.5. The van der Waals surface area contributed by atoms with Gasteiger partial charge in [-0.3, -0.25) is 10.1 Å². The highest BCUT2D eigenvalue weighted by Crippen LogP contribution is 2.49. The number of hydrogen-bond donors (Lipinski definition) is 3. The molecule has 2 unspecified atom stereocenters. The van der Waals surface area contributed by atoms with Gasteiger partial charge in [0, 0.05) is 18.7 Å². The molecule has 0 saturated heterocycles. The number of benzene rings is 1. The summed E-state index contributed by atoms with van der Waals surface area (Å²) < 4.78 is 5.20. The standard InChI is InChI=1S/C24H34N4O4/c1-13(2)11-28(12-14(3)4)21-8-7-17(18-10-19(18)23(29)30)9-20(21)25-24(31)26-22-15(5)16(6)27-32-22/h7-9,13-14,18-19H,10-12H2,1-6H3,(H,29,30)(H2,25,26,31). The van der Waals surface area contributed by atoms with Crippen molar-refractivity contribution in [3.05, 3.63) is 35.0 Å². The maximum absolute atomic E-state index is 12.8. The molecule has 174 valence electrons. The number of hydrogen-bond acceptors (Lipinski definition) is 5.